The smallest absolute Gasteiger partial charge is 0.263 e. The van der Waals surface area contributed by atoms with Gasteiger partial charge in [0.1, 0.15) is 5.82 Å². The number of hydrogen-bond donors (Lipinski definition) is 2. The number of pyridine rings is 1. The summed E-state index contributed by atoms with van der Waals surface area (Å²) in [6.45, 7) is 2.44. The Kier molecular flexibility index (Phi) is 3.96. The van der Waals surface area contributed by atoms with Gasteiger partial charge in [-0.25, -0.2) is 9.97 Å². The van der Waals surface area contributed by atoms with E-state index in [1.54, 1.807) is 35.9 Å². The van der Waals surface area contributed by atoms with E-state index in [4.69, 9.17) is 0 Å². The van der Waals surface area contributed by atoms with Gasteiger partial charge in [0.2, 0.25) is 0 Å². The molecule has 0 fully saturated rings. The third kappa shape index (κ3) is 2.83. The molecule has 1 amide bonds. The molecule has 26 heavy (non-hydrogen) atoms. The molecule has 0 spiro atoms. The van der Waals surface area contributed by atoms with Gasteiger partial charge in [-0.1, -0.05) is 0 Å². The number of aromatic nitrogens is 4. The van der Waals surface area contributed by atoms with Crippen LogP contribution < -0.4 is 10.9 Å². The van der Waals surface area contributed by atoms with Gasteiger partial charge in [-0.2, -0.15) is 0 Å². The van der Waals surface area contributed by atoms with Crippen LogP contribution in [-0.4, -0.2) is 32.0 Å². The fraction of sp³-hybridized carbons (Fsp3) is 0.158. The second kappa shape index (κ2) is 6.44. The van der Waals surface area contributed by atoms with Gasteiger partial charge in [-0.05, 0) is 43.3 Å². The summed E-state index contributed by atoms with van der Waals surface area (Å²) < 4.78 is 1.56. The molecule has 4 aromatic rings. The van der Waals surface area contributed by atoms with Crippen LogP contribution in [0.15, 0.2) is 53.6 Å². The second-order valence-electron chi connectivity index (χ2n) is 6.03. The zero-order valence-electron chi connectivity index (χ0n) is 14.2. The highest BCUT2D eigenvalue weighted by Gasteiger charge is 2.10. The standard InChI is InChI=1S/C19H17N5O2/c1-12-23-17-15(3-2-7-21-17)19(26)24(12)10-9-22-18(25)14-4-5-16-13(11-14)6-8-20-16/h2-8,11,20H,9-10H2,1H3,(H,22,25). The number of nitrogens with one attached hydrogen (secondary N) is 2. The molecule has 3 aromatic heterocycles. The zero-order valence-corrected chi connectivity index (χ0v) is 14.2. The minimum atomic E-state index is -0.172. The van der Waals surface area contributed by atoms with Gasteiger partial charge >= 0.3 is 0 Å². The maximum atomic E-state index is 12.6. The molecule has 0 aliphatic rings. The second-order valence-corrected chi connectivity index (χ2v) is 6.03. The number of benzene rings is 1. The van der Waals surface area contributed by atoms with E-state index < -0.39 is 0 Å². The van der Waals surface area contributed by atoms with E-state index >= 15 is 0 Å². The fourth-order valence-corrected chi connectivity index (χ4v) is 3.00. The Morgan fingerprint density at radius 1 is 1.27 bits per heavy atom. The van der Waals surface area contributed by atoms with Crippen LogP contribution in [0.25, 0.3) is 21.9 Å². The molecule has 4 rings (SSSR count). The van der Waals surface area contributed by atoms with Gasteiger partial charge in [-0.15, -0.1) is 0 Å². The highest BCUT2D eigenvalue weighted by atomic mass is 16.1. The van der Waals surface area contributed by atoms with E-state index in [0.717, 1.165) is 10.9 Å². The first kappa shape index (κ1) is 16.0. The van der Waals surface area contributed by atoms with E-state index in [9.17, 15) is 9.59 Å². The lowest BCUT2D eigenvalue weighted by Crippen LogP contribution is -2.32. The zero-order chi connectivity index (χ0) is 18.1. The molecule has 0 atom stereocenters. The van der Waals surface area contributed by atoms with Gasteiger partial charge in [0.05, 0.1) is 5.39 Å². The summed E-state index contributed by atoms with van der Waals surface area (Å²) in [6, 6.07) is 10.8. The molecule has 2 N–H and O–H groups in total. The molecule has 3 heterocycles. The van der Waals surface area contributed by atoms with Crippen LogP contribution in [0.5, 0.6) is 0 Å². The van der Waals surface area contributed by atoms with Crippen molar-refractivity contribution in [2.24, 2.45) is 0 Å². The first-order chi connectivity index (χ1) is 12.6. The van der Waals surface area contributed by atoms with Gasteiger partial charge in [0.15, 0.2) is 5.65 Å². The Labute approximate surface area is 148 Å². The third-order valence-corrected chi connectivity index (χ3v) is 4.36. The number of carbonyl (C=O) groups excluding carboxylic acids is 1. The Morgan fingerprint density at radius 2 is 2.15 bits per heavy atom. The number of fused-ring (bicyclic) bond motifs is 2. The van der Waals surface area contributed by atoms with Crippen molar-refractivity contribution < 1.29 is 4.79 Å². The molecular formula is C19H17N5O2. The van der Waals surface area contributed by atoms with Gasteiger partial charge in [-0.3, -0.25) is 14.2 Å². The lowest BCUT2D eigenvalue weighted by Gasteiger charge is -2.11. The molecule has 7 nitrogen and oxygen atoms in total. The van der Waals surface area contributed by atoms with E-state index in [-0.39, 0.29) is 11.5 Å². The maximum Gasteiger partial charge on any atom is 0.263 e. The number of carbonyl (C=O) groups is 1. The lowest BCUT2D eigenvalue weighted by atomic mass is 10.1. The maximum absolute atomic E-state index is 12.6. The monoisotopic (exact) mass is 347 g/mol. The normalized spacial score (nSPS) is 11.1. The van der Waals surface area contributed by atoms with Crippen molar-refractivity contribution in [1.29, 1.82) is 0 Å². The Balaban J connectivity index is 1.50. The molecule has 0 saturated carbocycles. The van der Waals surface area contributed by atoms with E-state index in [1.807, 2.05) is 24.4 Å². The first-order valence-electron chi connectivity index (χ1n) is 8.31. The minimum Gasteiger partial charge on any atom is -0.361 e. The Hall–Kier alpha value is -3.48. The summed E-state index contributed by atoms with van der Waals surface area (Å²) in [5, 5.41) is 4.31. The summed E-state index contributed by atoms with van der Waals surface area (Å²) in [6.07, 6.45) is 3.45. The van der Waals surface area contributed by atoms with Crippen LogP contribution in [0, 0.1) is 6.92 Å². The van der Waals surface area contributed by atoms with Crippen molar-refractivity contribution >= 4 is 27.8 Å². The molecule has 0 unspecified atom stereocenters. The quantitative estimate of drug-likeness (QED) is 0.591. The SMILES string of the molecule is Cc1nc2ncccc2c(=O)n1CCNC(=O)c1ccc2[nH]ccc2c1. The fourth-order valence-electron chi connectivity index (χ4n) is 3.00. The lowest BCUT2D eigenvalue weighted by molar-refractivity contribution is 0.0952. The molecule has 7 heteroatoms. The summed E-state index contributed by atoms with van der Waals surface area (Å²) in [5.74, 6) is 0.401. The van der Waals surface area contributed by atoms with Crippen molar-refractivity contribution in [2.45, 2.75) is 13.5 Å². The van der Waals surface area contributed by atoms with Crippen LogP contribution in [0.3, 0.4) is 0 Å². The van der Waals surface area contributed by atoms with Crippen LogP contribution in [0.4, 0.5) is 0 Å². The van der Waals surface area contributed by atoms with E-state index in [0.29, 0.717) is 35.5 Å². The molecule has 0 aliphatic carbocycles. The van der Waals surface area contributed by atoms with Crippen molar-refractivity contribution in [1.82, 2.24) is 24.8 Å². The highest BCUT2D eigenvalue weighted by molar-refractivity contribution is 5.98. The number of rotatable bonds is 4. The number of hydrogen-bond acceptors (Lipinski definition) is 4. The molecule has 1 aromatic carbocycles. The van der Waals surface area contributed by atoms with Crippen molar-refractivity contribution in [3.63, 3.8) is 0 Å². The Bertz CT molecular complexity index is 1180. The highest BCUT2D eigenvalue weighted by Crippen LogP contribution is 2.14. The summed E-state index contributed by atoms with van der Waals surface area (Å²) in [4.78, 5) is 36.5. The predicted molar refractivity (Wildman–Crippen MR) is 99.2 cm³/mol. The molecule has 130 valence electrons. The Morgan fingerprint density at radius 3 is 3.04 bits per heavy atom. The van der Waals surface area contributed by atoms with Gasteiger partial charge in [0.25, 0.3) is 11.5 Å². The molecule has 0 radical (unpaired) electrons. The summed E-state index contributed by atoms with van der Waals surface area (Å²) >= 11 is 0. The topological polar surface area (TPSA) is 92.7 Å². The average Bonchev–Trinajstić information content (AvgIpc) is 3.12. The number of nitrogens with zero attached hydrogens (tertiary/aromatic N) is 3. The number of H-pyrrole nitrogens is 1. The van der Waals surface area contributed by atoms with Gasteiger partial charge in [0, 0.05) is 41.9 Å². The average molecular weight is 347 g/mol. The minimum absolute atomic E-state index is 0.149. The first-order valence-corrected chi connectivity index (χ1v) is 8.31. The molecule has 0 aliphatic heterocycles. The van der Waals surface area contributed by atoms with Crippen molar-refractivity contribution in [2.75, 3.05) is 6.54 Å². The van der Waals surface area contributed by atoms with Crippen molar-refractivity contribution in [3.8, 4) is 0 Å². The predicted octanol–water partition coefficient (Wildman–Crippen LogP) is 2.01. The number of amides is 1. The van der Waals surface area contributed by atoms with E-state index in [2.05, 4.69) is 20.3 Å². The number of aromatic amines is 1. The van der Waals surface area contributed by atoms with E-state index in [1.165, 1.54) is 0 Å². The molecular weight excluding hydrogens is 330 g/mol. The largest absolute Gasteiger partial charge is 0.361 e. The molecule has 0 bridgehead atoms. The van der Waals surface area contributed by atoms with Crippen LogP contribution in [0.2, 0.25) is 0 Å². The summed E-state index contributed by atoms with van der Waals surface area (Å²) in [5.41, 5.74) is 1.86. The van der Waals surface area contributed by atoms with Crippen LogP contribution >= 0.6 is 0 Å². The molecule has 0 saturated heterocycles. The van der Waals surface area contributed by atoms with Crippen LogP contribution in [0.1, 0.15) is 16.2 Å². The van der Waals surface area contributed by atoms with Gasteiger partial charge < -0.3 is 10.3 Å². The number of aryl methyl sites for hydroxylation is 1. The van der Waals surface area contributed by atoms with Crippen LogP contribution in [-0.2, 0) is 6.54 Å². The summed E-state index contributed by atoms with van der Waals surface area (Å²) in [7, 11) is 0. The van der Waals surface area contributed by atoms with Crippen molar-refractivity contribution in [3.05, 3.63) is 70.5 Å². The third-order valence-electron chi connectivity index (χ3n) is 4.36.